The minimum absolute atomic E-state index is 0.181. The molecule has 0 amide bonds. The molecule has 3 N–H and O–H groups in total. The van der Waals surface area contributed by atoms with Gasteiger partial charge in [0.05, 0.1) is 30.5 Å². The lowest BCUT2D eigenvalue weighted by Gasteiger charge is -2.43. The van der Waals surface area contributed by atoms with Crippen LogP contribution in [0.25, 0.3) is 11.4 Å². The van der Waals surface area contributed by atoms with Crippen LogP contribution in [0.3, 0.4) is 0 Å². The number of anilines is 3. The number of nitrogens with one attached hydrogen (secondary N) is 1. The van der Waals surface area contributed by atoms with Gasteiger partial charge in [0.2, 0.25) is 5.95 Å². The lowest BCUT2D eigenvalue weighted by Crippen LogP contribution is -2.56. The standard InChI is InChI=1S/C28H32FN7O4S/c29-24-14-21(2-3-25(24)36-9-7-35(8-10-36)22-16-39-17-22)33-28-32-18-31-27(34-28)19-1-4-26(20(13-19)15-30)40-23-5-11-41(37,38)12-6-23/h1-4,13-14,18,22-23,37-38H,5-12,16-17H2,(H,31,32,33,34). The number of hydrogen-bond donors (Lipinski definition) is 3. The number of ether oxygens (including phenoxy) is 2. The molecule has 0 bridgehead atoms. The van der Waals surface area contributed by atoms with E-state index in [0.717, 1.165) is 39.4 Å². The monoisotopic (exact) mass is 581 g/mol. The number of benzene rings is 2. The van der Waals surface area contributed by atoms with E-state index in [9.17, 15) is 14.4 Å². The summed E-state index contributed by atoms with van der Waals surface area (Å²) in [6.45, 7) is 4.87. The molecule has 0 atom stereocenters. The highest BCUT2D eigenvalue weighted by atomic mass is 32.3. The second kappa shape index (κ2) is 11.8. The predicted molar refractivity (Wildman–Crippen MR) is 154 cm³/mol. The Morgan fingerprint density at radius 1 is 1.05 bits per heavy atom. The summed E-state index contributed by atoms with van der Waals surface area (Å²) in [6.07, 6.45) is 2.22. The molecule has 3 aliphatic heterocycles. The van der Waals surface area contributed by atoms with Crippen LogP contribution in [0.1, 0.15) is 18.4 Å². The van der Waals surface area contributed by atoms with Crippen molar-refractivity contribution in [2.24, 2.45) is 0 Å². The van der Waals surface area contributed by atoms with Gasteiger partial charge < -0.3 is 19.7 Å². The molecule has 3 fully saturated rings. The number of halogens is 1. The summed E-state index contributed by atoms with van der Waals surface area (Å²) in [5.74, 6) is 1.32. The first-order chi connectivity index (χ1) is 19.9. The van der Waals surface area contributed by atoms with Crippen molar-refractivity contribution >= 4 is 27.9 Å². The Morgan fingerprint density at radius 2 is 1.83 bits per heavy atom. The van der Waals surface area contributed by atoms with Crippen molar-refractivity contribution < 1.29 is 23.0 Å². The molecule has 0 radical (unpaired) electrons. The third kappa shape index (κ3) is 6.37. The minimum atomic E-state index is -2.51. The number of hydrogen-bond acceptors (Lipinski definition) is 11. The number of aromatic nitrogens is 3. The number of piperazine rings is 1. The van der Waals surface area contributed by atoms with Crippen LogP contribution < -0.4 is 15.0 Å². The highest BCUT2D eigenvalue weighted by Gasteiger charge is 2.30. The van der Waals surface area contributed by atoms with E-state index in [-0.39, 0.29) is 17.9 Å². The van der Waals surface area contributed by atoms with Crippen LogP contribution in [0.2, 0.25) is 0 Å². The van der Waals surface area contributed by atoms with Crippen molar-refractivity contribution in [3.05, 3.63) is 54.1 Å². The summed E-state index contributed by atoms with van der Waals surface area (Å²) in [4.78, 5) is 17.4. The number of rotatable bonds is 7. The van der Waals surface area contributed by atoms with Crippen LogP contribution in [-0.2, 0) is 4.74 Å². The van der Waals surface area contributed by atoms with Gasteiger partial charge in [-0.1, -0.05) is 0 Å². The summed E-state index contributed by atoms with van der Waals surface area (Å²) in [6, 6.07) is 12.8. The van der Waals surface area contributed by atoms with Gasteiger partial charge >= 0.3 is 0 Å². The molecule has 3 aromatic rings. The normalized spacial score (nSPS) is 20.6. The lowest BCUT2D eigenvalue weighted by molar-refractivity contribution is -0.0660. The van der Waals surface area contributed by atoms with E-state index in [1.807, 2.05) is 0 Å². The van der Waals surface area contributed by atoms with Crippen molar-refractivity contribution in [3.8, 4) is 23.2 Å². The van der Waals surface area contributed by atoms with Gasteiger partial charge in [-0.15, -0.1) is 0 Å². The summed E-state index contributed by atoms with van der Waals surface area (Å²) in [5.41, 5.74) is 2.02. The van der Waals surface area contributed by atoms with Crippen LogP contribution >= 0.6 is 10.6 Å². The third-order valence-corrected chi connectivity index (χ3v) is 9.53. The summed E-state index contributed by atoms with van der Waals surface area (Å²) >= 11 is 0. The molecule has 0 saturated carbocycles. The van der Waals surface area contributed by atoms with Crippen LogP contribution in [0.4, 0.5) is 21.7 Å². The largest absolute Gasteiger partial charge is 0.489 e. The molecule has 0 spiro atoms. The second-order valence-corrected chi connectivity index (χ2v) is 12.9. The zero-order valence-electron chi connectivity index (χ0n) is 22.4. The molecule has 3 saturated heterocycles. The first-order valence-corrected chi connectivity index (χ1v) is 15.5. The molecule has 216 valence electrons. The van der Waals surface area contributed by atoms with E-state index >= 15 is 4.39 Å². The predicted octanol–water partition coefficient (Wildman–Crippen LogP) is 4.11. The van der Waals surface area contributed by atoms with Gasteiger partial charge in [0.25, 0.3) is 0 Å². The Labute approximate surface area is 239 Å². The molecule has 2 aromatic carbocycles. The average Bonchev–Trinajstić information content (AvgIpc) is 2.94. The second-order valence-electron chi connectivity index (χ2n) is 10.5. The Morgan fingerprint density at radius 3 is 2.51 bits per heavy atom. The van der Waals surface area contributed by atoms with E-state index in [0.29, 0.717) is 64.5 Å². The molecular weight excluding hydrogens is 549 g/mol. The fraction of sp³-hybridized carbons (Fsp3) is 0.429. The van der Waals surface area contributed by atoms with E-state index < -0.39 is 10.6 Å². The zero-order chi connectivity index (χ0) is 28.4. The third-order valence-electron chi connectivity index (χ3n) is 7.75. The van der Waals surface area contributed by atoms with Gasteiger partial charge in [0, 0.05) is 61.8 Å². The first-order valence-electron chi connectivity index (χ1n) is 13.6. The molecule has 0 aliphatic carbocycles. The van der Waals surface area contributed by atoms with Crippen molar-refractivity contribution in [2.75, 3.05) is 61.1 Å². The van der Waals surface area contributed by atoms with Gasteiger partial charge in [0.1, 0.15) is 30.1 Å². The van der Waals surface area contributed by atoms with Crippen molar-refractivity contribution in [1.29, 1.82) is 5.26 Å². The minimum Gasteiger partial charge on any atom is -0.489 e. The van der Waals surface area contributed by atoms with E-state index in [2.05, 4.69) is 36.1 Å². The molecule has 1 aromatic heterocycles. The van der Waals surface area contributed by atoms with Crippen molar-refractivity contribution in [3.63, 3.8) is 0 Å². The maximum absolute atomic E-state index is 15.1. The molecular formula is C28H32FN7O4S. The van der Waals surface area contributed by atoms with E-state index in [1.165, 1.54) is 12.4 Å². The van der Waals surface area contributed by atoms with Crippen LogP contribution in [0, 0.1) is 17.1 Å². The summed E-state index contributed by atoms with van der Waals surface area (Å²) < 4.78 is 46.1. The molecule has 11 nitrogen and oxygen atoms in total. The Kier molecular flexibility index (Phi) is 7.92. The van der Waals surface area contributed by atoms with Gasteiger partial charge in [-0.3, -0.25) is 14.0 Å². The molecule has 6 rings (SSSR count). The van der Waals surface area contributed by atoms with Crippen LogP contribution in [-0.4, -0.2) is 92.0 Å². The highest BCUT2D eigenvalue weighted by molar-refractivity contribution is 8.24. The first kappa shape index (κ1) is 27.6. The topological polar surface area (TPSA) is 140 Å². The maximum Gasteiger partial charge on any atom is 0.230 e. The zero-order valence-corrected chi connectivity index (χ0v) is 23.3. The molecule has 4 heterocycles. The Hall–Kier alpha value is -3.54. The fourth-order valence-electron chi connectivity index (χ4n) is 5.27. The SMILES string of the molecule is N#Cc1cc(-c2ncnc(Nc3ccc(N4CCN(C5COC5)CC4)c(F)c3)n2)ccc1OC1CCS(O)(O)CC1. The van der Waals surface area contributed by atoms with Gasteiger partial charge in [0.15, 0.2) is 5.82 Å². The average molecular weight is 582 g/mol. The Balaban J connectivity index is 1.11. The summed E-state index contributed by atoms with van der Waals surface area (Å²) in [5, 5.41) is 12.8. The van der Waals surface area contributed by atoms with Crippen molar-refractivity contribution in [2.45, 2.75) is 25.0 Å². The molecule has 13 heteroatoms. The molecule has 0 unspecified atom stereocenters. The number of nitriles is 1. The highest BCUT2D eigenvalue weighted by Crippen LogP contribution is 2.44. The van der Waals surface area contributed by atoms with E-state index in [4.69, 9.17) is 9.47 Å². The Bertz CT molecular complexity index is 1430. The van der Waals surface area contributed by atoms with Gasteiger partial charge in [-0.05, 0) is 36.4 Å². The number of nitrogens with zero attached hydrogens (tertiary/aromatic N) is 6. The fourth-order valence-corrected chi connectivity index (χ4v) is 6.76. The van der Waals surface area contributed by atoms with E-state index in [1.54, 1.807) is 30.3 Å². The van der Waals surface area contributed by atoms with Crippen LogP contribution in [0.5, 0.6) is 5.75 Å². The summed E-state index contributed by atoms with van der Waals surface area (Å²) in [7, 11) is -2.51. The smallest absolute Gasteiger partial charge is 0.230 e. The van der Waals surface area contributed by atoms with Gasteiger partial charge in [-0.2, -0.15) is 20.8 Å². The quantitative estimate of drug-likeness (QED) is 0.371. The molecule has 41 heavy (non-hydrogen) atoms. The molecule has 3 aliphatic rings. The van der Waals surface area contributed by atoms with Gasteiger partial charge in [-0.25, -0.2) is 14.4 Å². The van der Waals surface area contributed by atoms with Crippen LogP contribution in [0.15, 0.2) is 42.7 Å². The van der Waals surface area contributed by atoms with Crippen molar-refractivity contribution in [1.82, 2.24) is 19.9 Å². The maximum atomic E-state index is 15.1. The lowest BCUT2D eigenvalue weighted by atomic mass is 10.1.